The van der Waals surface area contributed by atoms with Gasteiger partial charge in [-0.3, -0.25) is 4.79 Å². The number of cyclic esters (lactones) is 1. The van der Waals surface area contributed by atoms with E-state index in [1.165, 1.54) is 17.4 Å². The number of ether oxygens (including phenoxy) is 1. The standard InChI is InChI=1S/C12H12ClNO3S/c13-10-5-4-9(18-10)12(16)14-7-6-8-2-1-3-11(15)17-8/h1,3-5,8H,2,6-7H2,(H,14,16)/t8-/m1/s1. The van der Waals surface area contributed by atoms with E-state index in [1.807, 2.05) is 0 Å². The van der Waals surface area contributed by atoms with Crippen LogP contribution >= 0.6 is 22.9 Å². The smallest absolute Gasteiger partial charge is 0.330 e. The summed E-state index contributed by atoms with van der Waals surface area (Å²) in [5, 5.41) is 2.77. The van der Waals surface area contributed by atoms with Crippen LogP contribution in [0.3, 0.4) is 0 Å². The summed E-state index contributed by atoms with van der Waals surface area (Å²) in [6, 6.07) is 3.38. The number of carbonyl (C=O) groups is 2. The average molecular weight is 286 g/mol. The van der Waals surface area contributed by atoms with Crippen molar-refractivity contribution in [2.75, 3.05) is 6.54 Å². The molecule has 1 amide bonds. The molecule has 0 saturated carbocycles. The van der Waals surface area contributed by atoms with E-state index in [4.69, 9.17) is 16.3 Å². The van der Waals surface area contributed by atoms with Crippen LogP contribution in [0, 0.1) is 0 Å². The van der Waals surface area contributed by atoms with Gasteiger partial charge in [0, 0.05) is 25.5 Å². The molecule has 0 aromatic carbocycles. The van der Waals surface area contributed by atoms with Crippen LogP contribution in [0.15, 0.2) is 24.3 Å². The van der Waals surface area contributed by atoms with Gasteiger partial charge >= 0.3 is 5.97 Å². The Morgan fingerprint density at radius 1 is 1.56 bits per heavy atom. The number of nitrogens with one attached hydrogen (secondary N) is 1. The second-order valence-electron chi connectivity index (χ2n) is 3.85. The number of carbonyl (C=O) groups excluding carboxylic acids is 2. The van der Waals surface area contributed by atoms with Crippen LogP contribution in [0.4, 0.5) is 0 Å². The SMILES string of the molecule is O=C1C=CC[C@H](CCNC(=O)c2ccc(Cl)s2)O1. The Bertz CT molecular complexity index is 483. The van der Waals surface area contributed by atoms with E-state index in [2.05, 4.69) is 5.32 Å². The van der Waals surface area contributed by atoms with Crippen LogP contribution in [-0.4, -0.2) is 24.5 Å². The molecule has 6 heteroatoms. The third-order valence-electron chi connectivity index (χ3n) is 2.48. The second kappa shape index (κ2) is 6.02. The predicted molar refractivity (Wildman–Crippen MR) is 69.9 cm³/mol. The number of amides is 1. The molecule has 1 aliphatic heterocycles. The van der Waals surface area contributed by atoms with Crippen molar-refractivity contribution < 1.29 is 14.3 Å². The van der Waals surface area contributed by atoms with Gasteiger partial charge in [0.1, 0.15) is 6.10 Å². The molecule has 1 aromatic rings. The third-order valence-corrected chi connectivity index (χ3v) is 3.71. The molecule has 1 aromatic heterocycles. The Labute approximate surface area is 114 Å². The van der Waals surface area contributed by atoms with Gasteiger partial charge in [-0.15, -0.1) is 11.3 Å². The summed E-state index contributed by atoms with van der Waals surface area (Å²) < 4.78 is 5.67. The maximum absolute atomic E-state index is 11.7. The van der Waals surface area contributed by atoms with E-state index in [-0.39, 0.29) is 18.0 Å². The minimum Gasteiger partial charge on any atom is -0.459 e. The largest absolute Gasteiger partial charge is 0.459 e. The highest BCUT2D eigenvalue weighted by Crippen LogP contribution is 2.21. The monoisotopic (exact) mass is 285 g/mol. The van der Waals surface area contributed by atoms with Gasteiger partial charge in [-0.2, -0.15) is 0 Å². The van der Waals surface area contributed by atoms with Gasteiger partial charge in [-0.25, -0.2) is 4.79 Å². The van der Waals surface area contributed by atoms with Crippen molar-refractivity contribution in [1.29, 1.82) is 0 Å². The van der Waals surface area contributed by atoms with E-state index in [9.17, 15) is 9.59 Å². The molecule has 0 saturated heterocycles. The molecule has 18 heavy (non-hydrogen) atoms. The average Bonchev–Trinajstić information content (AvgIpc) is 2.76. The highest BCUT2D eigenvalue weighted by molar-refractivity contribution is 7.17. The Kier molecular flexibility index (Phi) is 4.38. The number of esters is 1. The molecule has 0 unspecified atom stereocenters. The maximum Gasteiger partial charge on any atom is 0.330 e. The van der Waals surface area contributed by atoms with Gasteiger partial charge in [0.25, 0.3) is 5.91 Å². The lowest BCUT2D eigenvalue weighted by Gasteiger charge is -2.18. The topological polar surface area (TPSA) is 55.4 Å². The summed E-state index contributed by atoms with van der Waals surface area (Å²) >= 11 is 6.99. The predicted octanol–water partition coefficient (Wildman–Crippen LogP) is 2.39. The van der Waals surface area contributed by atoms with Crippen LogP contribution in [0.25, 0.3) is 0 Å². The minimum absolute atomic E-state index is 0.144. The van der Waals surface area contributed by atoms with E-state index >= 15 is 0 Å². The molecule has 0 radical (unpaired) electrons. The van der Waals surface area contributed by atoms with Crippen molar-refractivity contribution in [3.8, 4) is 0 Å². The van der Waals surface area contributed by atoms with Crippen molar-refractivity contribution in [3.63, 3.8) is 0 Å². The molecule has 2 heterocycles. The molecule has 0 aliphatic carbocycles. The fourth-order valence-electron chi connectivity index (χ4n) is 1.61. The summed E-state index contributed by atoms with van der Waals surface area (Å²) in [5.74, 6) is -0.466. The van der Waals surface area contributed by atoms with Gasteiger partial charge in [-0.1, -0.05) is 17.7 Å². The van der Waals surface area contributed by atoms with Crippen LogP contribution < -0.4 is 5.32 Å². The lowest BCUT2D eigenvalue weighted by Crippen LogP contribution is -2.29. The highest BCUT2D eigenvalue weighted by atomic mass is 35.5. The summed E-state index contributed by atoms with van der Waals surface area (Å²) in [4.78, 5) is 23.3. The molecule has 0 bridgehead atoms. The summed E-state index contributed by atoms with van der Waals surface area (Å²) in [6.45, 7) is 0.472. The molecule has 1 N–H and O–H groups in total. The minimum atomic E-state index is -0.317. The van der Waals surface area contributed by atoms with Crippen molar-refractivity contribution in [2.45, 2.75) is 18.9 Å². The van der Waals surface area contributed by atoms with E-state index in [0.29, 0.717) is 28.6 Å². The molecule has 2 rings (SSSR count). The van der Waals surface area contributed by atoms with Crippen LogP contribution in [0.1, 0.15) is 22.5 Å². The summed E-state index contributed by atoms with van der Waals surface area (Å²) in [6.07, 6.45) is 4.38. The first-order chi connectivity index (χ1) is 8.65. The van der Waals surface area contributed by atoms with Gasteiger partial charge in [0.15, 0.2) is 0 Å². The molecule has 1 atom stereocenters. The zero-order valence-corrected chi connectivity index (χ0v) is 11.1. The van der Waals surface area contributed by atoms with Gasteiger partial charge in [0.05, 0.1) is 9.21 Å². The van der Waals surface area contributed by atoms with Crippen molar-refractivity contribution in [1.82, 2.24) is 5.32 Å². The number of rotatable bonds is 4. The lowest BCUT2D eigenvalue weighted by molar-refractivity contribution is -0.144. The molecular formula is C12H12ClNO3S. The maximum atomic E-state index is 11.7. The fourth-order valence-corrected chi connectivity index (χ4v) is 2.57. The number of halogens is 1. The number of thiophene rings is 1. The fraction of sp³-hybridized carbons (Fsp3) is 0.333. The number of hydrogen-bond donors (Lipinski definition) is 1. The summed E-state index contributed by atoms with van der Waals surface area (Å²) in [7, 11) is 0. The van der Waals surface area contributed by atoms with Gasteiger partial charge in [-0.05, 0) is 12.1 Å². The Hall–Kier alpha value is -1.33. The zero-order valence-electron chi connectivity index (χ0n) is 9.52. The molecule has 0 spiro atoms. The first kappa shape index (κ1) is 13.1. The number of hydrogen-bond acceptors (Lipinski definition) is 4. The molecule has 96 valence electrons. The van der Waals surface area contributed by atoms with Crippen LogP contribution in [0.2, 0.25) is 4.34 Å². The van der Waals surface area contributed by atoms with Crippen molar-refractivity contribution >= 4 is 34.8 Å². The van der Waals surface area contributed by atoms with Crippen molar-refractivity contribution in [2.24, 2.45) is 0 Å². The molecular weight excluding hydrogens is 274 g/mol. The van der Waals surface area contributed by atoms with Crippen LogP contribution in [0.5, 0.6) is 0 Å². The van der Waals surface area contributed by atoms with E-state index < -0.39 is 0 Å². The quantitative estimate of drug-likeness (QED) is 0.864. The summed E-state index contributed by atoms with van der Waals surface area (Å²) in [5.41, 5.74) is 0. The molecule has 0 fully saturated rings. The van der Waals surface area contributed by atoms with Crippen LogP contribution in [-0.2, 0) is 9.53 Å². The van der Waals surface area contributed by atoms with E-state index in [0.717, 1.165) is 0 Å². The second-order valence-corrected chi connectivity index (χ2v) is 5.56. The highest BCUT2D eigenvalue weighted by Gasteiger charge is 2.16. The Morgan fingerprint density at radius 3 is 3.06 bits per heavy atom. The first-order valence-corrected chi connectivity index (χ1v) is 6.75. The van der Waals surface area contributed by atoms with Gasteiger partial charge in [0.2, 0.25) is 0 Å². The van der Waals surface area contributed by atoms with Crippen molar-refractivity contribution in [3.05, 3.63) is 33.5 Å². The Balaban J connectivity index is 1.74. The first-order valence-electron chi connectivity index (χ1n) is 5.56. The zero-order chi connectivity index (χ0) is 13.0. The molecule has 4 nitrogen and oxygen atoms in total. The third kappa shape index (κ3) is 3.58. The normalized spacial score (nSPS) is 18.5. The van der Waals surface area contributed by atoms with E-state index in [1.54, 1.807) is 18.2 Å². The molecule has 1 aliphatic rings. The lowest BCUT2D eigenvalue weighted by atomic mass is 10.1. The van der Waals surface area contributed by atoms with Gasteiger partial charge < -0.3 is 10.1 Å². The Morgan fingerprint density at radius 2 is 2.39 bits per heavy atom.